The summed E-state index contributed by atoms with van der Waals surface area (Å²) in [5.41, 5.74) is 1.38. The summed E-state index contributed by atoms with van der Waals surface area (Å²) in [6, 6.07) is 0. The van der Waals surface area contributed by atoms with Gasteiger partial charge in [0, 0.05) is 80.9 Å². The van der Waals surface area contributed by atoms with Crippen LogP contribution in [0, 0.1) is 37.5 Å². The number of benzene rings is 2. The van der Waals surface area contributed by atoms with Crippen LogP contribution in [0.3, 0.4) is 0 Å². The van der Waals surface area contributed by atoms with Gasteiger partial charge in [0.1, 0.15) is 23.4 Å². The van der Waals surface area contributed by atoms with E-state index in [9.17, 15) is 29.7 Å². The molecule has 0 spiro atoms. The van der Waals surface area contributed by atoms with Gasteiger partial charge in [-0.2, -0.15) is 5.10 Å². The van der Waals surface area contributed by atoms with Crippen molar-refractivity contribution in [1.29, 1.82) is 0 Å². The summed E-state index contributed by atoms with van der Waals surface area (Å²) in [5, 5.41) is 45.2. The number of carbonyl (C=O) groups is 3. The number of hydrazone groups is 1. The number of hydrogen-bond acceptors (Lipinski definition) is 13. The Morgan fingerprint density at radius 3 is 2.31 bits per heavy atom. The Morgan fingerprint density at radius 1 is 1.00 bits per heavy atom. The van der Waals surface area contributed by atoms with Gasteiger partial charge in [-0.05, 0) is 57.7 Å². The molecule has 2 aromatic carbocycles. The predicted octanol–water partition coefficient (Wildman–Crippen LogP) is 5.97. The summed E-state index contributed by atoms with van der Waals surface area (Å²) in [7, 11) is 3.53. The van der Waals surface area contributed by atoms with Gasteiger partial charge in [0.05, 0.1) is 41.5 Å². The molecule has 58 heavy (non-hydrogen) atoms. The highest BCUT2D eigenvalue weighted by Crippen LogP contribution is 2.53. The Balaban J connectivity index is 1.69. The normalized spacial score (nSPS) is 31.1. The van der Waals surface area contributed by atoms with Gasteiger partial charge >= 0.3 is 11.8 Å². The smallest absolute Gasteiger partial charge is 0.312 e. The zero-order valence-corrected chi connectivity index (χ0v) is 35.6. The first-order chi connectivity index (χ1) is 27.3. The molecule has 4 aliphatic heterocycles. The maximum Gasteiger partial charge on any atom is 0.312 e. The molecule has 6 rings (SSSR count). The number of aliphatic hydroxyl groups is 1. The number of likely N-dealkylation sites (N-methyl/N-ethyl adjacent to an activating group) is 1. The van der Waals surface area contributed by atoms with E-state index < -0.39 is 53.6 Å². The molecule has 1 fully saturated rings. The number of ether oxygens (including phenoxy) is 4. The molecule has 0 aromatic heterocycles. The molecule has 0 unspecified atom stereocenters. The van der Waals surface area contributed by atoms with Gasteiger partial charge in [-0.1, -0.05) is 45.9 Å². The highest BCUT2D eigenvalue weighted by Gasteiger charge is 2.49. The van der Waals surface area contributed by atoms with Gasteiger partial charge in [-0.25, -0.2) is 0 Å². The van der Waals surface area contributed by atoms with Crippen molar-refractivity contribution < 1.29 is 48.7 Å². The number of aromatic hydroxyl groups is 2. The first kappa shape index (κ1) is 44.2. The monoisotopic (exact) mass is 804 g/mol. The summed E-state index contributed by atoms with van der Waals surface area (Å²) in [4.78, 5) is 42.9. The molecule has 2 aromatic rings. The Morgan fingerprint density at radius 2 is 1.67 bits per heavy atom. The Kier molecular flexibility index (Phi) is 13.7. The van der Waals surface area contributed by atoms with Crippen LogP contribution in [0.15, 0.2) is 41.2 Å². The number of aryl methyl sites for hydroxylation is 1. The molecule has 0 radical (unpaired) electrons. The van der Waals surface area contributed by atoms with Crippen molar-refractivity contribution in [2.45, 2.75) is 92.8 Å². The van der Waals surface area contributed by atoms with E-state index >= 15 is 0 Å². The number of piperazine rings is 1. The largest absolute Gasteiger partial charge is 0.507 e. The lowest BCUT2D eigenvalue weighted by atomic mass is 9.79. The average Bonchev–Trinajstić information content (AvgIpc) is 3.44. The number of phenolic OH excluding ortho intramolecular Hbond substituents is 2. The van der Waals surface area contributed by atoms with Crippen molar-refractivity contribution in [2.75, 3.05) is 45.7 Å². The van der Waals surface area contributed by atoms with E-state index in [0.717, 1.165) is 13.1 Å². The summed E-state index contributed by atoms with van der Waals surface area (Å²) in [6.07, 6.45) is 8.10. The van der Waals surface area contributed by atoms with Gasteiger partial charge in [0.25, 0.3) is 11.7 Å². The SMILES string of the molecule is CO[C@H]1/C=C/O[C@@]2(C)Oc3c(C)c(O)c4c(C)c(c(/C=N/N5CCN(C)CC5)c(O)c4c3C2=O)NC(=O)/C(C)=C\C=C\[C@H](C)C[C@@H](C)[C@@H](O)[C@@H](C)[C@H](OC(C)=O)[C@@H]1C. The van der Waals surface area contributed by atoms with E-state index in [1.54, 1.807) is 39.0 Å². The number of Topliss-reactive ketones (excluding diaryl/α,β-unsaturated/α-hetero) is 1. The van der Waals surface area contributed by atoms with Crippen LogP contribution in [0.1, 0.15) is 81.9 Å². The van der Waals surface area contributed by atoms with Crippen LogP contribution < -0.4 is 10.1 Å². The van der Waals surface area contributed by atoms with Gasteiger partial charge in [-0.15, -0.1) is 0 Å². The molecule has 4 aliphatic rings. The number of carbonyl (C=O) groups excluding carboxylic acids is 3. The van der Waals surface area contributed by atoms with Crippen molar-refractivity contribution in [3.63, 3.8) is 0 Å². The first-order valence-corrected chi connectivity index (χ1v) is 20.0. The van der Waals surface area contributed by atoms with Gasteiger partial charge in [0.2, 0.25) is 0 Å². The fourth-order valence-electron chi connectivity index (χ4n) is 8.23. The van der Waals surface area contributed by atoms with Crippen molar-refractivity contribution in [3.8, 4) is 17.2 Å². The summed E-state index contributed by atoms with van der Waals surface area (Å²) in [6.45, 7) is 18.2. The average molecular weight is 805 g/mol. The number of ketones is 1. The number of nitrogens with zero attached hydrogens (tertiary/aromatic N) is 3. The predicted molar refractivity (Wildman–Crippen MR) is 222 cm³/mol. The molecule has 5 bridgehead atoms. The van der Waals surface area contributed by atoms with Crippen LogP contribution in [0.5, 0.6) is 17.2 Å². The lowest BCUT2D eigenvalue weighted by Crippen LogP contribution is -2.44. The Hall–Kier alpha value is -4.92. The fourth-order valence-corrected chi connectivity index (χ4v) is 8.23. The van der Waals surface area contributed by atoms with Crippen LogP contribution in [0.2, 0.25) is 0 Å². The van der Waals surface area contributed by atoms with Crippen LogP contribution in [0.25, 0.3) is 10.8 Å². The second kappa shape index (κ2) is 17.9. The van der Waals surface area contributed by atoms with E-state index in [1.165, 1.54) is 33.4 Å². The molecule has 1 saturated heterocycles. The summed E-state index contributed by atoms with van der Waals surface area (Å²) < 4.78 is 23.9. The molecular weight excluding hydrogens is 745 g/mol. The minimum Gasteiger partial charge on any atom is -0.507 e. The molecule has 1 amide bonds. The molecule has 316 valence electrons. The standard InChI is InChI=1S/C44H60N4O10/c1-23-13-12-14-24(2)43(54)46-36-27(5)33-34(39(52)31(36)22-45-48-18-16-47(10)17-19-48)35-41(29(7)38(33)51)58-44(9,42(35)53)56-20-15-32(55-11)26(4)40(57-30(8)49)28(6)37(50)25(3)21-23/h12-15,20,22-23,25-26,28,32,37,40,50-52H,16-19,21H2,1-11H3,(H,46,54)/b13-12+,20-15+,24-14-,45-22+/t23-,25+,26+,28+,32-,37+,40+,44-/m0/s1. The minimum absolute atomic E-state index is 0.00206. The van der Waals surface area contributed by atoms with E-state index in [2.05, 4.69) is 15.3 Å². The number of rotatable bonds is 4. The topological polar surface area (TPSA) is 180 Å². The highest BCUT2D eigenvalue weighted by molar-refractivity contribution is 6.23. The number of phenols is 2. The van der Waals surface area contributed by atoms with Crippen LogP contribution in [0.4, 0.5) is 5.69 Å². The summed E-state index contributed by atoms with van der Waals surface area (Å²) >= 11 is 0. The number of hydrogen-bond donors (Lipinski definition) is 4. The van der Waals surface area contributed by atoms with E-state index in [4.69, 9.17) is 18.9 Å². The summed E-state index contributed by atoms with van der Waals surface area (Å²) in [5.74, 6) is -5.22. The maximum atomic E-state index is 14.5. The second-order valence-electron chi connectivity index (χ2n) is 16.4. The van der Waals surface area contributed by atoms with Crippen LogP contribution in [-0.2, 0) is 23.8 Å². The fraction of sp³-hybridized carbons (Fsp3) is 0.545. The number of allylic oxidation sites excluding steroid dienone is 3. The van der Waals surface area contributed by atoms with Crippen LogP contribution in [-0.4, -0.2) is 114 Å². The Labute approximate surface area is 341 Å². The van der Waals surface area contributed by atoms with Crippen molar-refractivity contribution in [2.24, 2.45) is 28.8 Å². The molecule has 14 heteroatoms. The van der Waals surface area contributed by atoms with E-state index in [1.807, 2.05) is 45.8 Å². The third-order valence-electron chi connectivity index (χ3n) is 11.9. The molecule has 4 heterocycles. The lowest BCUT2D eigenvalue weighted by Gasteiger charge is -2.36. The molecule has 0 saturated carbocycles. The molecular formula is C44H60N4O10. The Bertz CT molecular complexity index is 2030. The number of nitrogens with one attached hydrogen (secondary N) is 1. The van der Waals surface area contributed by atoms with E-state index in [0.29, 0.717) is 30.6 Å². The number of methoxy groups -OCH3 is 1. The molecule has 14 nitrogen and oxygen atoms in total. The van der Waals surface area contributed by atoms with Crippen molar-refractivity contribution in [1.82, 2.24) is 9.91 Å². The first-order valence-electron chi connectivity index (χ1n) is 20.0. The quantitative estimate of drug-likeness (QED) is 0.211. The zero-order chi connectivity index (χ0) is 42.8. The number of fused-ring (bicyclic) bond motifs is 14. The number of esters is 1. The van der Waals surface area contributed by atoms with Crippen molar-refractivity contribution >= 4 is 40.3 Å². The third kappa shape index (κ3) is 8.88. The minimum atomic E-state index is -1.93. The van der Waals surface area contributed by atoms with Gasteiger partial charge in [-0.3, -0.25) is 19.4 Å². The number of amides is 1. The molecule has 8 atom stereocenters. The molecule has 0 aliphatic carbocycles. The lowest BCUT2D eigenvalue weighted by molar-refractivity contribution is -0.159. The molecule has 4 N–H and O–H groups in total. The number of aliphatic hydroxyl groups excluding tert-OH is 1. The number of anilines is 1. The second-order valence-corrected chi connectivity index (χ2v) is 16.4. The van der Waals surface area contributed by atoms with Gasteiger partial charge in [0.15, 0.2) is 0 Å². The van der Waals surface area contributed by atoms with Crippen molar-refractivity contribution in [3.05, 3.63) is 58.4 Å². The maximum absolute atomic E-state index is 14.5. The van der Waals surface area contributed by atoms with Gasteiger partial charge < -0.3 is 44.5 Å². The van der Waals surface area contributed by atoms with E-state index in [-0.39, 0.29) is 62.2 Å². The zero-order valence-electron chi connectivity index (χ0n) is 35.6. The highest BCUT2D eigenvalue weighted by atomic mass is 16.7. The van der Waals surface area contributed by atoms with Crippen LogP contribution >= 0.6 is 0 Å². The third-order valence-corrected chi connectivity index (χ3v) is 11.9.